The van der Waals surface area contributed by atoms with Crippen LogP contribution in [-0.2, 0) is 18.2 Å². The van der Waals surface area contributed by atoms with Crippen molar-refractivity contribution in [2.75, 3.05) is 7.11 Å². The Hall–Kier alpha value is -0.870. The molecule has 4 nitrogen and oxygen atoms in total. The Morgan fingerprint density at radius 2 is 2.19 bits per heavy atom. The van der Waals surface area contributed by atoms with Gasteiger partial charge in [-0.25, -0.2) is 0 Å². The lowest BCUT2D eigenvalue weighted by molar-refractivity contribution is -0.0405. The van der Waals surface area contributed by atoms with Crippen molar-refractivity contribution in [3.05, 3.63) is 18.0 Å². The summed E-state index contributed by atoms with van der Waals surface area (Å²) in [4.78, 5) is 0. The van der Waals surface area contributed by atoms with Gasteiger partial charge in [-0.1, -0.05) is 13.8 Å². The summed E-state index contributed by atoms with van der Waals surface area (Å²) in [6.07, 6.45) is 2.80. The standard InChI is InChI=1S/C12H22N2O2/c1-9(2)12(16-4)11(15)6-5-10-7-8-13-14(10)3/h7-9,11-12,15H,5-6H2,1-4H3. The number of aromatic nitrogens is 2. The number of aryl methyl sites for hydroxylation is 2. The van der Waals surface area contributed by atoms with Crippen LogP contribution < -0.4 is 0 Å². The normalized spacial score (nSPS) is 15.4. The van der Waals surface area contributed by atoms with E-state index in [1.165, 1.54) is 0 Å². The van der Waals surface area contributed by atoms with Crippen LogP contribution in [0.15, 0.2) is 12.3 Å². The maximum atomic E-state index is 10.0. The number of ether oxygens (including phenoxy) is 1. The number of methoxy groups -OCH3 is 1. The summed E-state index contributed by atoms with van der Waals surface area (Å²) in [5.41, 5.74) is 1.14. The van der Waals surface area contributed by atoms with Crippen LogP contribution in [0.3, 0.4) is 0 Å². The Morgan fingerprint density at radius 3 is 2.62 bits per heavy atom. The summed E-state index contributed by atoms with van der Waals surface area (Å²) >= 11 is 0. The van der Waals surface area contributed by atoms with E-state index in [1.54, 1.807) is 13.3 Å². The average molecular weight is 226 g/mol. The lowest BCUT2D eigenvalue weighted by Crippen LogP contribution is -2.33. The lowest BCUT2D eigenvalue weighted by atomic mass is 9.98. The highest BCUT2D eigenvalue weighted by Crippen LogP contribution is 2.15. The zero-order chi connectivity index (χ0) is 12.1. The molecule has 0 aliphatic rings. The number of aliphatic hydroxyl groups excluding tert-OH is 1. The third-order valence-electron chi connectivity index (χ3n) is 2.93. The van der Waals surface area contributed by atoms with E-state index in [9.17, 15) is 5.11 Å². The fourth-order valence-corrected chi connectivity index (χ4v) is 1.98. The Kier molecular flexibility index (Phi) is 4.96. The molecule has 2 unspecified atom stereocenters. The molecule has 0 fully saturated rings. The Labute approximate surface area is 97.2 Å². The fraction of sp³-hybridized carbons (Fsp3) is 0.750. The van der Waals surface area contributed by atoms with E-state index >= 15 is 0 Å². The van der Waals surface area contributed by atoms with E-state index in [0.717, 1.165) is 12.1 Å². The van der Waals surface area contributed by atoms with Gasteiger partial charge in [-0.2, -0.15) is 5.10 Å². The van der Waals surface area contributed by atoms with Crippen LogP contribution >= 0.6 is 0 Å². The molecule has 0 aromatic carbocycles. The first-order valence-corrected chi connectivity index (χ1v) is 5.74. The number of rotatable bonds is 6. The summed E-state index contributed by atoms with van der Waals surface area (Å²) in [5.74, 6) is 0.325. The Bertz CT molecular complexity index is 310. The molecule has 16 heavy (non-hydrogen) atoms. The van der Waals surface area contributed by atoms with Gasteiger partial charge in [0.05, 0.1) is 12.2 Å². The molecule has 2 atom stereocenters. The van der Waals surface area contributed by atoms with Crippen molar-refractivity contribution in [2.45, 2.75) is 38.9 Å². The minimum atomic E-state index is -0.417. The van der Waals surface area contributed by atoms with Gasteiger partial charge in [0.25, 0.3) is 0 Å². The third kappa shape index (κ3) is 3.32. The van der Waals surface area contributed by atoms with Crippen LogP contribution in [0.2, 0.25) is 0 Å². The van der Waals surface area contributed by atoms with Crippen LogP contribution in [0, 0.1) is 5.92 Å². The predicted octanol–water partition coefficient (Wildman–Crippen LogP) is 1.38. The van der Waals surface area contributed by atoms with Gasteiger partial charge in [0.1, 0.15) is 0 Å². The molecule has 4 heteroatoms. The maximum absolute atomic E-state index is 10.0. The third-order valence-corrected chi connectivity index (χ3v) is 2.93. The van der Waals surface area contributed by atoms with Gasteiger partial charge in [0, 0.05) is 26.0 Å². The molecule has 0 saturated carbocycles. The molecule has 92 valence electrons. The van der Waals surface area contributed by atoms with E-state index in [-0.39, 0.29) is 6.10 Å². The van der Waals surface area contributed by atoms with Gasteiger partial charge < -0.3 is 9.84 Å². The molecule has 1 rings (SSSR count). The first-order chi connectivity index (χ1) is 7.56. The SMILES string of the molecule is COC(C(C)C)C(O)CCc1ccnn1C. The highest BCUT2D eigenvalue weighted by atomic mass is 16.5. The number of hydrogen-bond donors (Lipinski definition) is 1. The van der Waals surface area contributed by atoms with E-state index in [4.69, 9.17) is 4.74 Å². The summed E-state index contributed by atoms with van der Waals surface area (Å²) in [5, 5.41) is 14.1. The number of hydrogen-bond acceptors (Lipinski definition) is 3. The molecule has 0 amide bonds. The van der Waals surface area contributed by atoms with Gasteiger partial charge in [-0.15, -0.1) is 0 Å². The maximum Gasteiger partial charge on any atom is 0.0853 e. The van der Waals surface area contributed by atoms with Crippen molar-refractivity contribution >= 4 is 0 Å². The molecule has 1 aromatic rings. The molecule has 0 aliphatic carbocycles. The van der Waals surface area contributed by atoms with Gasteiger partial charge in [0.2, 0.25) is 0 Å². The first kappa shape index (κ1) is 13.2. The van der Waals surface area contributed by atoms with Crippen molar-refractivity contribution in [3.8, 4) is 0 Å². The van der Waals surface area contributed by atoms with Gasteiger partial charge in [-0.05, 0) is 24.8 Å². The fourth-order valence-electron chi connectivity index (χ4n) is 1.98. The topological polar surface area (TPSA) is 47.3 Å². The van der Waals surface area contributed by atoms with Crippen molar-refractivity contribution in [1.29, 1.82) is 0 Å². The number of nitrogens with zero attached hydrogens (tertiary/aromatic N) is 2. The molecule has 1 N–H and O–H groups in total. The second kappa shape index (κ2) is 6.01. The van der Waals surface area contributed by atoms with Crippen LogP contribution in [0.5, 0.6) is 0 Å². The molecular formula is C12H22N2O2. The largest absolute Gasteiger partial charge is 0.390 e. The molecule has 0 saturated heterocycles. The van der Waals surface area contributed by atoms with E-state index < -0.39 is 6.10 Å². The average Bonchev–Trinajstić information content (AvgIpc) is 2.61. The lowest BCUT2D eigenvalue weighted by Gasteiger charge is -2.24. The molecule has 0 spiro atoms. The number of aliphatic hydroxyl groups is 1. The van der Waals surface area contributed by atoms with E-state index in [1.807, 2.05) is 17.8 Å². The molecular weight excluding hydrogens is 204 g/mol. The molecule has 1 heterocycles. The van der Waals surface area contributed by atoms with Crippen LogP contribution in [0.1, 0.15) is 26.0 Å². The minimum Gasteiger partial charge on any atom is -0.390 e. The van der Waals surface area contributed by atoms with Crippen LogP contribution in [0.4, 0.5) is 0 Å². The zero-order valence-electron chi connectivity index (χ0n) is 10.6. The molecule has 0 bridgehead atoms. The van der Waals surface area contributed by atoms with Crippen molar-refractivity contribution in [2.24, 2.45) is 13.0 Å². The molecule has 0 radical (unpaired) electrons. The summed E-state index contributed by atoms with van der Waals surface area (Å²) in [6, 6.07) is 1.98. The molecule has 1 aromatic heterocycles. The first-order valence-electron chi connectivity index (χ1n) is 5.74. The van der Waals surface area contributed by atoms with Gasteiger partial charge in [0.15, 0.2) is 0 Å². The van der Waals surface area contributed by atoms with Crippen molar-refractivity contribution in [3.63, 3.8) is 0 Å². The highest BCUT2D eigenvalue weighted by molar-refractivity contribution is 5.00. The Morgan fingerprint density at radius 1 is 1.50 bits per heavy atom. The zero-order valence-corrected chi connectivity index (χ0v) is 10.6. The van der Waals surface area contributed by atoms with Crippen LogP contribution in [-0.4, -0.2) is 34.2 Å². The monoisotopic (exact) mass is 226 g/mol. The molecule has 0 aliphatic heterocycles. The predicted molar refractivity (Wildman–Crippen MR) is 63.2 cm³/mol. The Balaban J connectivity index is 2.46. The summed E-state index contributed by atoms with van der Waals surface area (Å²) < 4.78 is 7.14. The van der Waals surface area contributed by atoms with Gasteiger partial charge in [-0.3, -0.25) is 4.68 Å². The highest BCUT2D eigenvalue weighted by Gasteiger charge is 2.22. The quantitative estimate of drug-likeness (QED) is 0.797. The smallest absolute Gasteiger partial charge is 0.0853 e. The summed E-state index contributed by atoms with van der Waals surface area (Å²) in [7, 11) is 3.57. The second-order valence-corrected chi connectivity index (χ2v) is 4.50. The van der Waals surface area contributed by atoms with Crippen LogP contribution in [0.25, 0.3) is 0 Å². The van der Waals surface area contributed by atoms with Gasteiger partial charge >= 0.3 is 0 Å². The van der Waals surface area contributed by atoms with E-state index in [0.29, 0.717) is 12.3 Å². The van der Waals surface area contributed by atoms with E-state index in [2.05, 4.69) is 18.9 Å². The van der Waals surface area contributed by atoms with Crippen molar-refractivity contribution in [1.82, 2.24) is 9.78 Å². The summed E-state index contributed by atoms with van der Waals surface area (Å²) in [6.45, 7) is 4.11. The van der Waals surface area contributed by atoms with Crippen molar-refractivity contribution < 1.29 is 9.84 Å². The minimum absolute atomic E-state index is 0.0896. The second-order valence-electron chi connectivity index (χ2n) is 4.50.